The van der Waals surface area contributed by atoms with Gasteiger partial charge >= 0.3 is 0 Å². The van der Waals surface area contributed by atoms with Crippen LogP contribution in [0.5, 0.6) is 0 Å². The molecule has 0 aliphatic carbocycles. The summed E-state index contributed by atoms with van der Waals surface area (Å²) in [4.78, 5) is 4.06. The van der Waals surface area contributed by atoms with E-state index in [-0.39, 0.29) is 0 Å². The molecular formula is C6H11N3. The number of aromatic nitrogens is 2. The van der Waals surface area contributed by atoms with Crippen molar-refractivity contribution in [3.63, 3.8) is 0 Å². The second-order valence-corrected chi connectivity index (χ2v) is 1.95. The van der Waals surface area contributed by atoms with Crippen LogP contribution in [0.25, 0.3) is 0 Å². The van der Waals surface area contributed by atoms with Crippen LogP contribution in [0.3, 0.4) is 0 Å². The molecule has 1 heterocycles. The summed E-state index contributed by atoms with van der Waals surface area (Å²) >= 11 is 0. The Kier molecular flexibility index (Phi) is 1.72. The normalized spacial score (nSPS) is 9.56. The predicted molar refractivity (Wildman–Crippen MR) is 37.4 cm³/mol. The number of anilines is 1. The van der Waals surface area contributed by atoms with Gasteiger partial charge in [0.1, 0.15) is 5.82 Å². The monoisotopic (exact) mass is 125 g/mol. The van der Waals surface area contributed by atoms with Gasteiger partial charge in [-0.15, -0.1) is 0 Å². The molecule has 0 aliphatic rings. The van der Waals surface area contributed by atoms with Gasteiger partial charge in [-0.1, -0.05) is 0 Å². The van der Waals surface area contributed by atoms with Crippen molar-refractivity contribution >= 4 is 5.82 Å². The fraction of sp³-hybridized carbons (Fsp3) is 0.500. The zero-order valence-corrected chi connectivity index (χ0v) is 5.76. The molecule has 0 unspecified atom stereocenters. The van der Waals surface area contributed by atoms with Crippen molar-refractivity contribution in [2.75, 3.05) is 11.9 Å². The summed E-state index contributed by atoms with van der Waals surface area (Å²) in [5.41, 5.74) is 0. The zero-order chi connectivity index (χ0) is 6.69. The van der Waals surface area contributed by atoms with Crippen LogP contribution in [0.1, 0.15) is 6.92 Å². The van der Waals surface area contributed by atoms with Gasteiger partial charge in [0, 0.05) is 19.8 Å². The van der Waals surface area contributed by atoms with Crippen molar-refractivity contribution in [1.82, 2.24) is 9.55 Å². The molecule has 3 nitrogen and oxygen atoms in total. The van der Waals surface area contributed by atoms with Crippen molar-refractivity contribution in [2.24, 2.45) is 7.05 Å². The SMILES string of the molecule is CCNc1cn(C)cn1. The van der Waals surface area contributed by atoms with Gasteiger partial charge in [0.15, 0.2) is 0 Å². The lowest BCUT2D eigenvalue weighted by atomic mass is 10.6. The first-order chi connectivity index (χ1) is 4.33. The number of rotatable bonds is 2. The van der Waals surface area contributed by atoms with Crippen LogP contribution >= 0.6 is 0 Å². The topological polar surface area (TPSA) is 29.9 Å². The first-order valence-corrected chi connectivity index (χ1v) is 3.04. The van der Waals surface area contributed by atoms with Crippen molar-refractivity contribution < 1.29 is 0 Å². The number of hydrogen-bond acceptors (Lipinski definition) is 2. The fourth-order valence-electron chi connectivity index (χ4n) is 0.685. The van der Waals surface area contributed by atoms with Crippen molar-refractivity contribution in [3.05, 3.63) is 12.5 Å². The standard InChI is InChI=1S/C6H11N3/c1-3-7-6-4-9(2)5-8-6/h4-5,7H,3H2,1-2H3. The first-order valence-electron chi connectivity index (χ1n) is 3.04. The minimum Gasteiger partial charge on any atom is -0.369 e. The molecule has 0 saturated heterocycles. The van der Waals surface area contributed by atoms with Crippen LogP contribution in [0.4, 0.5) is 5.82 Å². The fourth-order valence-corrected chi connectivity index (χ4v) is 0.685. The van der Waals surface area contributed by atoms with E-state index in [0.717, 1.165) is 12.4 Å². The molecular weight excluding hydrogens is 114 g/mol. The molecule has 1 N–H and O–H groups in total. The highest BCUT2D eigenvalue weighted by atomic mass is 15.1. The Morgan fingerprint density at radius 3 is 3.00 bits per heavy atom. The smallest absolute Gasteiger partial charge is 0.144 e. The summed E-state index contributed by atoms with van der Waals surface area (Å²) in [6.07, 6.45) is 3.72. The van der Waals surface area contributed by atoms with Gasteiger partial charge in [0.25, 0.3) is 0 Å². The number of imidazole rings is 1. The maximum absolute atomic E-state index is 4.06. The summed E-state index contributed by atoms with van der Waals surface area (Å²) < 4.78 is 1.91. The van der Waals surface area contributed by atoms with Crippen molar-refractivity contribution in [3.8, 4) is 0 Å². The molecule has 1 aromatic heterocycles. The highest BCUT2D eigenvalue weighted by molar-refractivity contribution is 5.30. The largest absolute Gasteiger partial charge is 0.369 e. The molecule has 0 radical (unpaired) electrons. The van der Waals surface area contributed by atoms with Gasteiger partial charge in [0.2, 0.25) is 0 Å². The second-order valence-electron chi connectivity index (χ2n) is 1.95. The van der Waals surface area contributed by atoms with E-state index in [2.05, 4.69) is 17.2 Å². The third kappa shape index (κ3) is 1.45. The molecule has 9 heavy (non-hydrogen) atoms. The summed E-state index contributed by atoms with van der Waals surface area (Å²) in [6.45, 7) is 2.98. The molecule has 0 aromatic carbocycles. The molecule has 0 amide bonds. The molecule has 0 saturated carbocycles. The minimum atomic E-state index is 0.928. The number of hydrogen-bond donors (Lipinski definition) is 1. The molecule has 0 atom stereocenters. The molecule has 1 aromatic rings. The Hall–Kier alpha value is -0.990. The molecule has 50 valence electrons. The Morgan fingerprint density at radius 2 is 2.56 bits per heavy atom. The van der Waals surface area contributed by atoms with Crippen LogP contribution in [0.2, 0.25) is 0 Å². The van der Waals surface area contributed by atoms with Crippen LogP contribution in [-0.2, 0) is 7.05 Å². The summed E-state index contributed by atoms with van der Waals surface area (Å²) in [5.74, 6) is 0.944. The average molecular weight is 125 g/mol. The predicted octanol–water partition coefficient (Wildman–Crippen LogP) is 0.852. The third-order valence-electron chi connectivity index (χ3n) is 1.06. The van der Waals surface area contributed by atoms with E-state index in [1.54, 1.807) is 6.33 Å². The Labute approximate surface area is 54.7 Å². The highest BCUT2D eigenvalue weighted by Gasteiger charge is 1.89. The molecule has 0 spiro atoms. The maximum Gasteiger partial charge on any atom is 0.144 e. The minimum absolute atomic E-state index is 0.928. The third-order valence-corrected chi connectivity index (χ3v) is 1.06. The van der Waals surface area contributed by atoms with E-state index in [9.17, 15) is 0 Å². The van der Waals surface area contributed by atoms with Gasteiger partial charge in [-0.2, -0.15) is 0 Å². The molecule has 0 fully saturated rings. The van der Waals surface area contributed by atoms with Gasteiger partial charge < -0.3 is 9.88 Å². The zero-order valence-electron chi connectivity index (χ0n) is 5.76. The number of nitrogens with zero attached hydrogens (tertiary/aromatic N) is 2. The van der Waals surface area contributed by atoms with E-state index in [1.807, 2.05) is 17.8 Å². The second kappa shape index (κ2) is 2.53. The van der Waals surface area contributed by atoms with Crippen molar-refractivity contribution in [2.45, 2.75) is 6.92 Å². The quantitative estimate of drug-likeness (QED) is 0.635. The lowest BCUT2D eigenvalue weighted by Crippen LogP contribution is -1.95. The van der Waals surface area contributed by atoms with E-state index in [0.29, 0.717) is 0 Å². The highest BCUT2D eigenvalue weighted by Crippen LogP contribution is 1.98. The molecule has 0 aliphatic heterocycles. The van der Waals surface area contributed by atoms with E-state index >= 15 is 0 Å². The van der Waals surface area contributed by atoms with E-state index < -0.39 is 0 Å². The van der Waals surface area contributed by atoms with Gasteiger partial charge in [-0.25, -0.2) is 4.98 Å². The van der Waals surface area contributed by atoms with Gasteiger partial charge in [-0.3, -0.25) is 0 Å². The Bertz CT molecular complexity index is 180. The van der Waals surface area contributed by atoms with E-state index in [1.165, 1.54) is 0 Å². The Balaban J connectivity index is 2.61. The van der Waals surface area contributed by atoms with Crippen LogP contribution in [0, 0.1) is 0 Å². The molecule has 0 bridgehead atoms. The number of aryl methyl sites for hydroxylation is 1. The van der Waals surface area contributed by atoms with Crippen LogP contribution in [0.15, 0.2) is 12.5 Å². The maximum atomic E-state index is 4.06. The number of nitrogens with one attached hydrogen (secondary N) is 1. The lowest BCUT2D eigenvalue weighted by Gasteiger charge is -1.92. The van der Waals surface area contributed by atoms with Crippen molar-refractivity contribution in [1.29, 1.82) is 0 Å². The Morgan fingerprint density at radius 1 is 1.78 bits per heavy atom. The lowest BCUT2D eigenvalue weighted by molar-refractivity contribution is 0.913. The first kappa shape index (κ1) is 6.13. The summed E-state index contributed by atoms with van der Waals surface area (Å²) in [6, 6.07) is 0. The van der Waals surface area contributed by atoms with Crippen LogP contribution in [-0.4, -0.2) is 16.1 Å². The average Bonchev–Trinajstić information content (AvgIpc) is 2.17. The van der Waals surface area contributed by atoms with Crippen LogP contribution < -0.4 is 5.32 Å². The molecule has 1 rings (SSSR count). The molecule has 3 heteroatoms. The van der Waals surface area contributed by atoms with Gasteiger partial charge in [0.05, 0.1) is 6.33 Å². The van der Waals surface area contributed by atoms with Gasteiger partial charge in [-0.05, 0) is 6.92 Å². The van der Waals surface area contributed by atoms with E-state index in [4.69, 9.17) is 0 Å². The summed E-state index contributed by atoms with van der Waals surface area (Å²) in [7, 11) is 1.95. The summed E-state index contributed by atoms with van der Waals surface area (Å²) in [5, 5.41) is 3.10.